The smallest absolute Gasteiger partial charge is 0.266 e. The number of pyridine rings is 1. The van der Waals surface area contributed by atoms with Gasteiger partial charge < -0.3 is 4.42 Å². The highest BCUT2D eigenvalue weighted by Crippen LogP contribution is 2.26. The number of hydrogen-bond acceptors (Lipinski definition) is 5. The molecule has 0 radical (unpaired) electrons. The van der Waals surface area contributed by atoms with E-state index in [0.29, 0.717) is 23.9 Å². The van der Waals surface area contributed by atoms with E-state index in [1.165, 1.54) is 0 Å². The molecule has 2 aromatic heterocycles. The van der Waals surface area contributed by atoms with Crippen molar-refractivity contribution in [3.63, 3.8) is 0 Å². The Balaban J connectivity index is 1.71. The molecule has 1 aliphatic carbocycles. The van der Waals surface area contributed by atoms with Crippen LogP contribution in [-0.2, 0) is 6.42 Å². The summed E-state index contributed by atoms with van der Waals surface area (Å²) in [6, 6.07) is 11.5. The normalized spacial score (nSPS) is 13.9. The Hall–Kier alpha value is -2.82. The Bertz CT molecular complexity index is 899. The summed E-state index contributed by atoms with van der Waals surface area (Å²) in [5.41, 5.74) is 4.18. The monoisotopic (exact) mass is 305 g/mol. The second-order valence-electron chi connectivity index (χ2n) is 5.75. The molecular formula is C18H15N3O2. The fourth-order valence-electron chi connectivity index (χ4n) is 2.84. The first-order valence-electron chi connectivity index (χ1n) is 7.65. The zero-order valence-electron chi connectivity index (χ0n) is 12.7. The van der Waals surface area contributed by atoms with E-state index in [0.717, 1.165) is 35.2 Å². The van der Waals surface area contributed by atoms with E-state index < -0.39 is 0 Å². The molecule has 0 amide bonds. The first kappa shape index (κ1) is 13.8. The molecule has 0 saturated heterocycles. The zero-order chi connectivity index (χ0) is 15.8. The van der Waals surface area contributed by atoms with Gasteiger partial charge in [0, 0.05) is 17.5 Å². The minimum atomic E-state index is 0.163. The molecule has 0 unspecified atom stereocenters. The summed E-state index contributed by atoms with van der Waals surface area (Å²) >= 11 is 0. The van der Waals surface area contributed by atoms with Crippen LogP contribution in [0.1, 0.15) is 34.5 Å². The molecule has 0 fully saturated rings. The standard InChI is InChI=1S/C18H15N3O2/c1-11-4-2-5-12(10-11)17-20-21-18(23-17)15-9-8-13-14(19-15)6-3-7-16(13)22/h2,4-5,8-10H,3,6-7H2,1H3. The third-order valence-corrected chi connectivity index (χ3v) is 4.00. The lowest BCUT2D eigenvalue weighted by atomic mass is 9.94. The predicted octanol–water partition coefficient (Wildman–Crippen LogP) is 3.63. The average Bonchev–Trinajstić information content (AvgIpc) is 3.05. The number of aryl methyl sites for hydroxylation is 2. The maximum Gasteiger partial charge on any atom is 0.266 e. The summed E-state index contributed by atoms with van der Waals surface area (Å²) in [7, 11) is 0. The van der Waals surface area contributed by atoms with E-state index in [1.54, 1.807) is 6.07 Å². The third-order valence-electron chi connectivity index (χ3n) is 4.00. The minimum absolute atomic E-state index is 0.163. The highest BCUT2D eigenvalue weighted by Gasteiger charge is 2.20. The molecule has 4 rings (SSSR count). The molecule has 114 valence electrons. The third kappa shape index (κ3) is 2.54. The lowest BCUT2D eigenvalue weighted by Gasteiger charge is -2.13. The second kappa shape index (κ2) is 5.43. The second-order valence-corrected chi connectivity index (χ2v) is 5.75. The van der Waals surface area contributed by atoms with Gasteiger partial charge in [0.1, 0.15) is 5.69 Å². The van der Waals surface area contributed by atoms with Crippen LogP contribution >= 0.6 is 0 Å². The highest BCUT2D eigenvalue weighted by molar-refractivity contribution is 5.98. The van der Waals surface area contributed by atoms with Crippen LogP contribution in [0.3, 0.4) is 0 Å². The van der Waals surface area contributed by atoms with Crippen molar-refractivity contribution in [1.29, 1.82) is 0 Å². The molecule has 0 bridgehead atoms. The van der Waals surface area contributed by atoms with E-state index >= 15 is 0 Å². The van der Waals surface area contributed by atoms with E-state index in [4.69, 9.17) is 4.42 Å². The Labute approximate surface area is 133 Å². The molecule has 1 aromatic carbocycles. The van der Waals surface area contributed by atoms with Crippen molar-refractivity contribution in [2.24, 2.45) is 0 Å². The molecule has 0 aliphatic heterocycles. The number of fused-ring (bicyclic) bond motifs is 1. The van der Waals surface area contributed by atoms with Crippen molar-refractivity contribution >= 4 is 5.78 Å². The lowest BCUT2D eigenvalue weighted by molar-refractivity contribution is 0.0971. The van der Waals surface area contributed by atoms with Gasteiger partial charge >= 0.3 is 0 Å². The van der Waals surface area contributed by atoms with Gasteiger partial charge in [0.2, 0.25) is 5.89 Å². The number of rotatable bonds is 2. The van der Waals surface area contributed by atoms with Crippen molar-refractivity contribution in [2.45, 2.75) is 26.2 Å². The average molecular weight is 305 g/mol. The number of nitrogens with zero attached hydrogens (tertiary/aromatic N) is 3. The van der Waals surface area contributed by atoms with Crippen LogP contribution in [0.4, 0.5) is 0 Å². The van der Waals surface area contributed by atoms with E-state index in [2.05, 4.69) is 15.2 Å². The molecule has 1 aliphatic rings. The van der Waals surface area contributed by atoms with Crippen LogP contribution in [0.15, 0.2) is 40.8 Å². The van der Waals surface area contributed by atoms with Gasteiger partial charge in [0.05, 0.1) is 5.69 Å². The van der Waals surface area contributed by atoms with Crippen LogP contribution < -0.4 is 0 Å². The predicted molar refractivity (Wildman–Crippen MR) is 85.0 cm³/mol. The number of aromatic nitrogens is 3. The lowest BCUT2D eigenvalue weighted by Crippen LogP contribution is -2.12. The number of hydrogen-bond donors (Lipinski definition) is 0. The van der Waals surface area contributed by atoms with E-state index in [9.17, 15) is 4.79 Å². The van der Waals surface area contributed by atoms with Gasteiger partial charge in [-0.25, -0.2) is 4.98 Å². The van der Waals surface area contributed by atoms with Gasteiger partial charge in [-0.1, -0.05) is 17.7 Å². The molecule has 23 heavy (non-hydrogen) atoms. The topological polar surface area (TPSA) is 68.9 Å². The number of carbonyl (C=O) groups is 1. The number of ketones is 1. The molecule has 5 heteroatoms. The van der Waals surface area contributed by atoms with Gasteiger partial charge in [-0.05, 0) is 44.0 Å². The van der Waals surface area contributed by atoms with Crippen molar-refractivity contribution in [3.05, 3.63) is 53.2 Å². The molecule has 0 saturated carbocycles. The zero-order valence-corrected chi connectivity index (χ0v) is 12.7. The molecular weight excluding hydrogens is 290 g/mol. The van der Waals surface area contributed by atoms with Gasteiger partial charge in [-0.15, -0.1) is 10.2 Å². The largest absolute Gasteiger partial charge is 0.415 e. The van der Waals surface area contributed by atoms with Gasteiger partial charge in [0.25, 0.3) is 5.89 Å². The highest BCUT2D eigenvalue weighted by atomic mass is 16.4. The van der Waals surface area contributed by atoms with Gasteiger partial charge in [0.15, 0.2) is 5.78 Å². The van der Waals surface area contributed by atoms with Gasteiger partial charge in [-0.3, -0.25) is 4.79 Å². The Morgan fingerprint density at radius 1 is 1.04 bits per heavy atom. The molecule has 2 heterocycles. The van der Waals surface area contributed by atoms with Crippen molar-refractivity contribution in [1.82, 2.24) is 15.2 Å². The van der Waals surface area contributed by atoms with Crippen LogP contribution in [0, 0.1) is 6.92 Å². The quantitative estimate of drug-likeness (QED) is 0.723. The first-order chi connectivity index (χ1) is 11.2. The van der Waals surface area contributed by atoms with Crippen LogP contribution in [-0.4, -0.2) is 21.0 Å². The maximum atomic E-state index is 11.9. The Morgan fingerprint density at radius 3 is 2.78 bits per heavy atom. The van der Waals surface area contributed by atoms with Gasteiger partial charge in [-0.2, -0.15) is 0 Å². The molecule has 5 nitrogen and oxygen atoms in total. The van der Waals surface area contributed by atoms with Crippen molar-refractivity contribution in [3.8, 4) is 23.0 Å². The first-order valence-corrected chi connectivity index (χ1v) is 7.65. The number of Topliss-reactive ketones (excluding diaryl/α,β-unsaturated/α-hetero) is 1. The summed E-state index contributed by atoms with van der Waals surface area (Å²) in [6.07, 6.45) is 2.26. The Morgan fingerprint density at radius 2 is 1.91 bits per heavy atom. The summed E-state index contributed by atoms with van der Waals surface area (Å²) in [6.45, 7) is 2.02. The number of carbonyl (C=O) groups excluding carboxylic acids is 1. The summed E-state index contributed by atoms with van der Waals surface area (Å²) in [5.74, 6) is 1.01. The fraction of sp³-hybridized carbons (Fsp3) is 0.222. The fourth-order valence-corrected chi connectivity index (χ4v) is 2.84. The van der Waals surface area contributed by atoms with Crippen LogP contribution in [0.25, 0.3) is 23.0 Å². The SMILES string of the molecule is Cc1cccc(-c2nnc(-c3ccc4c(n3)CCCC4=O)o2)c1. The van der Waals surface area contributed by atoms with Crippen molar-refractivity contribution < 1.29 is 9.21 Å². The molecule has 3 aromatic rings. The molecule has 0 atom stereocenters. The summed E-state index contributed by atoms with van der Waals surface area (Å²) in [4.78, 5) is 16.4. The number of benzene rings is 1. The maximum absolute atomic E-state index is 11.9. The van der Waals surface area contributed by atoms with Crippen molar-refractivity contribution in [2.75, 3.05) is 0 Å². The van der Waals surface area contributed by atoms with E-state index in [1.807, 2.05) is 37.3 Å². The van der Waals surface area contributed by atoms with E-state index in [-0.39, 0.29) is 5.78 Å². The summed E-state index contributed by atoms with van der Waals surface area (Å²) < 4.78 is 5.76. The molecule has 0 N–H and O–H groups in total. The minimum Gasteiger partial charge on any atom is -0.415 e. The van der Waals surface area contributed by atoms with Crippen LogP contribution in [0.5, 0.6) is 0 Å². The Kier molecular flexibility index (Phi) is 3.26. The summed E-state index contributed by atoms with van der Waals surface area (Å²) in [5, 5.41) is 8.20. The van der Waals surface area contributed by atoms with Crippen LogP contribution in [0.2, 0.25) is 0 Å². The molecule has 0 spiro atoms.